The van der Waals surface area contributed by atoms with Crippen LogP contribution in [0.3, 0.4) is 0 Å². The van der Waals surface area contributed by atoms with Crippen molar-refractivity contribution in [3.8, 4) is 0 Å². The van der Waals surface area contributed by atoms with E-state index in [4.69, 9.17) is 9.84 Å². The number of carboxylic acid groups (broad SMARTS) is 1. The Labute approximate surface area is 59.2 Å². The van der Waals surface area contributed by atoms with E-state index in [1.54, 1.807) is 0 Å². The zero-order chi connectivity index (χ0) is 7.61. The average molecular weight is 145 g/mol. The molecule has 0 radical (unpaired) electrons. The fraction of sp³-hybridized carbons (Fsp3) is 0.833. The molecule has 1 fully saturated rings. The molecule has 0 aromatic rings. The third-order valence-electron chi connectivity index (χ3n) is 1.80. The molecule has 0 aromatic carbocycles. The van der Waals surface area contributed by atoms with E-state index in [-0.39, 0.29) is 0 Å². The van der Waals surface area contributed by atoms with Crippen LogP contribution < -0.4 is 5.32 Å². The molecule has 4 nitrogen and oxygen atoms in total. The summed E-state index contributed by atoms with van der Waals surface area (Å²) in [6.45, 7) is 1.35. The van der Waals surface area contributed by atoms with Gasteiger partial charge >= 0.3 is 5.97 Å². The van der Waals surface area contributed by atoms with Gasteiger partial charge in [0.2, 0.25) is 0 Å². The zero-order valence-electron chi connectivity index (χ0n) is 5.89. The second kappa shape index (κ2) is 2.56. The molecule has 0 aromatic heterocycles. The number of ether oxygens (including phenoxy) is 1. The third-order valence-corrected chi connectivity index (χ3v) is 1.80. The molecule has 0 amide bonds. The van der Waals surface area contributed by atoms with Crippen molar-refractivity contribution in [1.29, 1.82) is 0 Å². The van der Waals surface area contributed by atoms with Gasteiger partial charge in [-0.1, -0.05) is 0 Å². The highest BCUT2D eigenvalue weighted by molar-refractivity contribution is 5.76. The normalized spacial score (nSPS) is 21.7. The Hall–Kier alpha value is -0.610. The maximum absolute atomic E-state index is 10.6. The van der Waals surface area contributed by atoms with Gasteiger partial charge in [-0.25, -0.2) is 0 Å². The van der Waals surface area contributed by atoms with Crippen LogP contribution in [-0.2, 0) is 9.53 Å². The van der Waals surface area contributed by atoms with Crippen LogP contribution in [0.5, 0.6) is 0 Å². The molecule has 0 aliphatic carbocycles. The number of carbonyl (C=O) groups is 1. The second-order valence-corrected chi connectivity index (χ2v) is 2.62. The van der Waals surface area contributed by atoms with Crippen molar-refractivity contribution in [3.05, 3.63) is 0 Å². The van der Waals surface area contributed by atoms with Gasteiger partial charge in [-0.05, 0) is 0 Å². The lowest BCUT2D eigenvalue weighted by Gasteiger charge is -2.37. The standard InChI is InChI=1S/C6H11NO3/c1-10-4-6(5(8)9)2-7-3-6/h7H,2-4H2,1H3,(H,8,9). The number of aliphatic carboxylic acids is 1. The van der Waals surface area contributed by atoms with Crippen LogP contribution in [0.2, 0.25) is 0 Å². The Morgan fingerprint density at radius 3 is 2.50 bits per heavy atom. The summed E-state index contributed by atoms with van der Waals surface area (Å²) >= 11 is 0. The molecule has 1 aliphatic rings. The predicted octanol–water partition coefficient (Wildman–Crippen LogP) is -0.693. The first-order valence-electron chi connectivity index (χ1n) is 3.14. The van der Waals surface area contributed by atoms with E-state index in [1.165, 1.54) is 7.11 Å². The van der Waals surface area contributed by atoms with Crippen LogP contribution in [-0.4, -0.2) is 37.9 Å². The van der Waals surface area contributed by atoms with Crippen LogP contribution in [0.1, 0.15) is 0 Å². The highest BCUT2D eigenvalue weighted by Gasteiger charge is 2.44. The van der Waals surface area contributed by atoms with Gasteiger partial charge in [0.1, 0.15) is 5.41 Å². The van der Waals surface area contributed by atoms with Gasteiger partial charge in [0.25, 0.3) is 0 Å². The van der Waals surface area contributed by atoms with Crippen molar-refractivity contribution in [1.82, 2.24) is 5.32 Å². The van der Waals surface area contributed by atoms with Crippen molar-refractivity contribution in [2.24, 2.45) is 5.41 Å². The van der Waals surface area contributed by atoms with E-state index in [0.717, 1.165) is 0 Å². The predicted molar refractivity (Wildman–Crippen MR) is 34.8 cm³/mol. The molecule has 58 valence electrons. The molecule has 1 saturated heterocycles. The number of hydrogen-bond acceptors (Lipinski definition) is 3. The van der Waals surface area contributed by atoms with Gasteiger partial charge in [0.15, 0.2) is 0 Å². The van der Waals surface area contributed by atoms with Gasteiger partial charge in [-0.15, -0.1) is 0 Å². The fourth-order valence-electron chi connectivity index (χ4n) is 1.02. The molecule has 10 heavy (non-hydrogen) atoms. The van der Waals surface area contributed by atoms with Crippen LogP contribution in [0.4, 0.5) is 0 Å². The lowest BCUT2D eigenvalue weighted by Crippen LogP contribution is -2.60. The van der Waals surface area contributed by atoms with Crippen molar-refractivity contribution in [3.63, 3.8) is 0 Å². The van der Waals surface area contributed by atoms with E-state index in [0.29, 0.717) is 19.7 Å². The van der Waals surface area contributed by atoms with E-state index < -0.39 is 11.4 Å². The molecule has 4 heteroatoms. The summed E-state index contributed by atoms with van der Waals surface area (Å²) in [6.07, 6.45) is 0. The molecule has 2 N–H and O–H groups in total. The smallest absolute Gasteiger partial charge is 0.314 e. The summed E-state index contributed by atoms with van der Waals surface area (Å²) in [7, 11) is 1.52. The van der Waals surface area contributed by atoms with Crippen molar-refractivity contribution in [2.45, 2.75) is 0 Å². The molecular weight excluding hydrogens is 134 g/mol. The highest BCUT2D eigenvalue weighted by Crippen LogP contribution is 2.22. The summed E-state index contributed by atoms with van der Waals surface area (Å²) in [6, 6.07) is 0. The lowest BCUT2D eigenvalue weighted by molar-refractivity contribution is -0.156. The zero-order valence-corrected chi connectivity index (χ0v) is 5.89. The lowest BCUT2D eigenvalue weighted by atomic mass is 9.83. The Morgan fingerprint density at radius 2 is 2.40 bits per heavy atom. The quantitative estimate of drug-likeness (QED) is 0.551. The van der Waals surface area contributed by atoms with E-state index >= 15 is 0 Å². The molecule has 1 aliphatic heterocycles. The summed E-state index contributed by atoms with van der Waals surface area (Å²) in [5, 5.41) is 11.6. The van der Waals surface area contributed by atoms with Crippen molar-refractivity contribution in [2.75, 3.05) is 26.8 Å². The highest BCUT2D eigenvalue weighted by atomic mass is 16.5. The van der Waals surface area contributed by atoms with Crippen LogP contribution in [0.25, 0.3) is 0 Å². The first-order valence-corrected chi connectivity index (χ1v) is 3.14. The van der Waals surface area contributed by atoms with Crippen molar-refractivity contribution < 1.29 is 14.6 Å². The first-order chi connectivity index (χ1) is 4.71. The Kier molecular flexibility index (Phi) is 1.92. The number of carboxylic acids is 1. The maximum atomic E-state index is 10.6. The minimum Gasteiger partial charge on any atom is -0.481 e. The summed E-state index contributed by atoms with van der Waals surface area (Å²) in [5.74, 6) is -0.770. The second-order valence-electron chi connectivity index (χ2n) is 2.62. The number of hydrogen-bond donors (Lipinski definition) is 2. The Bertz CT molecular complexity index is 142. The third kappa shape index (κ3) is 0.998. The fourth-order valence-corrected chi connectivity index (χ4v) is 1.02. The van der Waals surface area contributed by atoms with Gasteiger partial charge in [0, 0.05) is 20.2 Å². The molecule has 0 unspecified atom stereocenters. The van der Waals surface area contributed by atoms with Crippen molar-refractivity contribution >= 4 is 5.97 Å². The minimum atomic E-state index is -0.770. The summed E-state index contributed by atoms with van der Waals surface area (Å²) in [5.41, 5.74) is -0.644. The molecule has 1 rings (SSSR count). The first kappa shape index (κ1) is 7.50. The van der Waals surface area contributed by atoms with Gasteiger partial charge < -0.3 is 15.2 Å². The summed E-state index contributed by atoms with van der Waals surface area (Å²) in [4.78, 5) is 10.6. The number of methoxy groups -OCH3 is 1. The number of rotatable bonds is 3. The van der Waals surface area contributed by atoms with E-state index in [9.17, 15) is 4.79 Å². The van der Waals surface area contributed by atoms with Gasteiger partial charge in [0.05, 0.1) is 6.61 Å². The van der Waals surface area contributed by atoms with Crippen LogP contribution in [0, 0.1) is 5.41 Å². The SMILES string of the molecule is COCC1(C(=O)O)CNC1. The molecule has 1 heterocycles. The average Bonchev–Trinajstić information content (AvgIpc) is 1.77. The molecule has 0 atom stereocenters. The van der Waals surface area contributed by atoms with E-state index in [2.05, 4.69) is 5.32 Å². The molecule has 0 spiro atoms. The van der Waals surface area contributed by atoms with Gasteiger partial charge in [-0.2, -0.15) is 0 Å². The molecule has 0 saturated carbocycles. The largest absolute Gasteiger partial charge is 0.481 e. The maximum Gasteiger partial charge on any atom is 0.314 e. The monoisotopic (exact) mass is 145 g/mol. The molecular formula is C6H11NO3. The topological polar surface area (TPSA) is 58.6 Å². The molecule has 0 bridgehead atoms. The number of nitrogens with one attached hydrogen (secondary N) is 1. The summed E-state index contributed by atoms with van der Waals surface area (Å²) < 4.78 is 4.79. The van der Waals surface area contributed by atoms with Crippen LogP contribution in [0.15, 0.2) is 0 Å². The van der Waals surface area contributed by atoms with Crippen LogP contribution >= 0.6 is 0 Å². The minimum absolute atomic E-state index is 0.301. The van der Waals surface area contributed by atoms with Gasteiger partial charge in [-0.3, -0.25) is 4.79 Å². The Morgan fingerprint density at radius 1 is 1.80 bits per heavy atom. The Balaban J connectivity index is 2.50. The van der Waals surface area contributed by atoms with E-state index in [1.807, 2.05) is 0 Å².